The summed E-state index contributed by atoms with van der Waals surface area (Å²) in [5.74, 6) is -0.0572. The Morgan fingerprint density at radius 2 is 1.46 bits per heavy atom. The van der Waals surface area contributed by atoms with Gasteiger partial charge < -0.3 is 15.1 Å². The summed E-state index contributed by atoms with van der Waals surface area (Å²) < 4.78 is 0. The van der Waals surface area contributed by atoms with E-state index < -0.39 is 5.41 Å². The molecule has 1 atom stereocenters. The third-order valence-electron chi connectivity index (χ3n) is 5.15. The highest BCUT2D eigenvalue weighted by molar-refractivity contribution is 6.02. The molecule has 1 aliphatic rings. The highest BCUT2D eigenvalue weighted by Gasteiger charge is 2.45. The third-order valence-corrected chi connectivity index (χ3v) is 5.15. The number of nitrogens with zero attached hydrogens (tertiary/aromatic N) is 2. The highest BCUT2D eigenvalue weighted by atomic mass is 16.2. The van der Waals surface area contributed by atoms with Gasteiger partial charge in [0.25, 0.3) is 0 Å². The summed E-state index contributed by atoms with van der Waals surface area (Å²) in [4.78, 5) is 29.5. The first kappa shape index (κ1) is 18.1. The van der Waals surface area contributed by atoms with Gasteiger partial charge in [0.2, 0.25) is 11.8 Å². The smallest absolute Gasteiger partial charge is 0.234 e. The molecule has 2 amide bonds. The maximum Gasteiger partial charge on any atom is 0.234 e. The molecular weight excluding hydrogens is 326 g/mol. The van der Waals surface area contributed by atoms with Crippen LogP contribution in [0.15, 0.2) is 60.7 Å². The molecule has 2 aromatic rings. The number of benzene rings is 2. The molecule has 1 aliphatic heterocycles. The van der Waals surface area contributed by atoms with Crippen molar-refractivity contribution in [2.45, 2.75) is 12.8 Å². The second kappa shape index (κ2) is 7.70. The number of anilines is 2. The van der Waals surface area contributed by atoms with E-state index in [4.69, 9.17) is 0 Å². The number of carbonyl (C=O) groups excluding carboxylic acids is 2. The van der Waals surface area contributed by atoms with E-state index in [1.807, 2.05) is 60.7 Å². The lowest BCUT2D eigenvalue weighted by Crippen LogP contribution is -2.47. The molecule has 0 saturated carbocycles. The normalized spacial score (nSPS) is 19.2. The van der Waals surface area contributed by atoms with Gasteiger partial charge in [0.05, 0.1) is 5.41 Å². The van der Waals surface area contributed by atoms with Crippen LogP contribution in [0.25, 0.3) is 0 Å². The summed E-state index contributed by atoms with van der Waals surface area (Å²) in [5.41, 5.74) is 0.972. The van der Waals surface area contributed by atoms with Crippen molar-refractivity contribution >= 4 is 23.2 Å². The van der Waals surface area contributed by atoms with E-state index in [1.54, 1.807) is 23.9 Å². The number of nitrogens with one attached hydrogen (secondary N) is 1. The van der Waals surface area contributed by atoms with Gasteiger partial charge in [-0.3, -0.25) is 9.59 Å². The predicted molar refractivity (Wildman–Crippen MR) is 104 cm³/mol. The van der Waals surface area contributed by atoms with E-state index in [9.17, 15) is 9.59 Å². The number of rotatable bonds is 5. The average molecular weight is 351 g/mol. The Labute approximate surface area is 154 Å². The SMILES string of the molecule is CN(C(=O)CC1(C(=O)N(C)c2ccccc2)CCNC1)c1ccccc1. The van der Waals surface area contributed by atoms with Crippen LogP contribution in [0.3, 0.4) is 0 Å². The van der Waals surface area contributed by atoms with Crippen LogP contribution in [0.5, 0.6) is 0 Å². The molecule has 1 saturated heterocycles. The molecular formula is C21H25N3O2. The van der Waals surface area contributed by atoms with Gasteiger partial charge in [0.1, 0.15) is 0 Å². The van der Waals surface area contributed by atoms with Crippen molar-refractivity contribution in [3.63, 3.8) is 0 Å². The number of carbonyl (C=O) groups is 2. The van der Waals surface area contributed by atoms with Gasteiger partial charge in [0.15, 0.2) is 0 Å². The Kier molecular flexibility index (Phi) is 5.38. The highest BCUT2D eigenvalue weighted by Crippen LogP contribution is 2.34. The van der Waals surface area contributed by atoms with Crippen molar-refractivity contribution in [3.05, 3.63) is 60.7 Å². The molecule has 0 spiro atoms. The van der Waals surface area contributed by atoms with Gasteiger partial charge >= 0.3 is 0 Å². The van der Waals surface area contributed by atoms with Gasteiger partial charge in [-0.2, -0.15) is 0 Å². The standard InChI is InChI=1S/C21H25N3O2/c1-23(17-9-5-3-6-10-17)19(25)15-21(13-14-22-16-21)20(26)24(2)18-11-7-4-8-12-18/h3-12,22H,13-16H2,1-2H3. The van der Waals surface area contributed by atoms with E-state index in [-0.39, 0.29) is 18.2 Å². The summed E-state index contributed by atoms with van der Waals surface area (Å²) in [6, 6.07) is 19.1. The quantitative estimate of drug-likeness (QED) is 0.901. The van der Waals surface area contributed by atoms with Crippen LogP contribution < -0.4 is 15.1 Å². The van der Waals surface area contributed by atoms with Gasteiger partial charge in [-0.05, 0) is 37.2 Å². The maximum atomic E-state index is 13.3. The van der Waals surface area contributed by atoms with Crippen molar-refractivity contribution < 1.29 is 9.59 Å². The molecule has 26 heavy (non-hydrogen) atoms. The minimum absolute atomic E-state index is 0.0106. The van der Waals surface area contributed by atoms with Crippen LogP contribution in [0.1, 0.15) is 12.8 Å². The van der Waals surface area contributed by atoms with Crippen LogP contribution in [0.4, 0.5) is 11.4 Å². The zero-order chi connectivity index (χ0) is 18.6. The summed E-state index contributed by atoms with van der Waals surface area (Å²) in [7, 11) is 3.54. The van der Waals surface area contributed by atoms with Crippen molar-refractivity contribution in [1.82, 2.24) is 5.32 Å². The molecule has 1 fully saturated rings. The molecule has 136 valence electrons. The average Bonchev–Trinajstić information content (AvgIpc) is 3.17. The second-order valence-electron chi connectivity index (χ2n) is 6.87. The molecule has 1 N–H and O–H groups in total. The monoisotopic (exact) mass is 351 g/mol. The van der Waals surface area contributed by atoms with Crippen molar-refractivity contribution in [1.29, 1.82) is 0 Å². The zero-order valence-electron chi connectivity index (χ0n) is 15.3. The molecule has 5 nitrogen and oxygen atoms in total. The van der Waals surface area contributed by atoms with E-state index in [2.05, 4.69) is 5.32 Å². The fraction of sp³-hybridized carbons (Fsp3) is 0.333. The minimum atomic E-state index is -0.704. The molecule has 1 heterocycles. The lowest BCUT2D eigenvalue weighted by molar-refractivity contribution is -0.132. The first-order chi connectivity index (χ1) is 12.5. The van der Waals surface area contributed by atoms with Crippen molar-refractivity contribution in [3.8, 4) is 0 Å². The summed E-state index contributed by atoms with van der Waals surface area (Å²) in [6.45, 7) is 1.27. The summed E-state index contributed by atoms with van der Waals surface area (Å²) >= 11 is 0. The van der Waals surface area contributed by atoms with Gasteiger partial charge in [-0.15, -0.1) is 0 Å². The van der Waals surface area contributed by atoms with E-state index in [0.717, 1.165) is 17.9 Å². The molecule has 3 rings (SSSR count). The fourth-order valence-corrected chi connectivity index (χ4v) is 3.48. The van der Waals surface area contributed by atoms with Crippen molar-refractivity contribution in [2.75, 3.05) is 37.0 Å². The topological polar surface area (TPSA) is 52.7 Å². The molecule has 5 heteroatoms. The number of para-hydroxylation sites is 2. The van der Waals surface area contributed by atoms with Crippen LogP contribution >= 0.6 is 0 Å². The van der Waals surface area contributed by atoms with Crippen molar-refractivity contribution in [2.24, 2.45) is 5.41 Å². The Balaban J connectivity index is 1.79. The first-order valence-electron chi connectivity index (χ1n) is 8.89. The van der Waals surface area contributed by atoms with Gasteiger partial charge in [-0.1, -0.05) is 36.4 Å². The molecule has 0 radical (unpaired) electrons. The molecule has 0 bridgehead atoms. The van der Waals surface area contributed by atoms with E-state index in [0.29, 0.717) is 13.0 Å². The zero-order valence-corrected chi connectivity index (χ0v) is 15.3. The molecule has 2 aromatic carbocycles. The lowest BCUT2D eigenvalue weighted by atomic mass is 9.81. The maximum absolute atomic E-state index is 13.3. The van der Waals surface area contributed by atoms with E-state index in [1.165, 1.54) is 0 Å². The fourth-order valence-electron chi connectivity index (χ4n) is 3.48. The number of hydrogen-bond acceptors (Lipinski definition) is 3. The van der Waals surface area contributed by atoms with Crippen LogP contribution in [0.2, 0.25) is 0 Å². The summed E-state index contributed by atoms with van der Waals surface area (Å²) in [5, 5.41) is 3.27. The Morgan fingerprint density at radius 3 is 1.96 bits per heavy atom. The molecule has 0 aromatic heterocycles. The second-order valence-corrected chi connectivity index (χ2v) is 6.87. The first-order valence-corrected chi connectivity index (χ1v) is 8.89. The Hall–Kier alpha value is -2.66. The minimum Gasteiger partial charge on any atom is -0.316 e. The van der Waals surface area contributed by atoms with Gasteiger partial charge in [-0.25, -0.2) is 0 Å². The largest absolute Gasteiger partial charge is 0.316 e. The predicted octanol–water partition coefficient (Wildman–Crippen LogP) is 2.68. The lowest BCUT2D eigenvalue weighted by Gasteiger charge is -2.32. The number of amides is 2. The molecule has 1 unspecified atom stereocenters. The third kappa shape index (κ3) is 3.63. The number of hydrogen-bond donors (Lipinski definition) is 1. The van der Waals surface area contributed by atoms with E-state index >= 15 is 0 Å². The van der Waals surface area contributed by atoms with Crippen LogP contribution in [-0.2, 0) is 9.59 Å². The van der Waals surface area contributed by atoms with Crippen LogP contribution in [-0.4, -0.2) is 39.0 Å². The Bertz CT molecular complexity index is 755. The summed E-state index contributed by atoms with van der Waals surface area (Å²) in [6.07, 6.45) is 0.860. The molecule has 0 aliphatic carbocycles. The van der Waals surface area contributed by atoms with Gasteiger partial charge in [0, 0.05) is 38.4 Å². The van der Waals surface area contributed by atoms with Crippen LogP contribution in [0, 0.1) is 5.41 Å². The Morgan fingerprint density at radius 1 is 0.923 bits per heavy atom.